The number of esters is 1. The van der Waals surface area contributed by atoms with E-state index in [2.05, 4.69) is 36.4 Å². The molecule has 0 fully saturated rings. The zero-order valence-corrected chi connectivity index (χ0v) is 14.7. The molecule has 0 aliphatic heterocycles. The highest BCUT2D eigenvalue weighted by atomic mass is 16.5. The zero-order valence-electron chi connectivity index (χ0n) is 14.7. The van der Waals surface area contributed by atoms with Crippen molar-refractivity contribution in [3.63, 3.8) is 0 Å². The first kappa shape index (κ1) is 16.8. The highest BCUT2D eigenvalue weighted by molar-refractivity contribution is 5.91. The monoisotopic (exact) mass is 350 g/mol. The molecule has 0 aliphatic carbocycles. The fraction of sp³-hybridized carbons (Fsp3) is 0. The Labute approximate surface area is 158 Å². The van der Waals surface area contributed by atoms with Gasteiger partial charge in [0, 0.05) is 0 Å². The van der Waals surface area contributed by atoms with Crippen LogP contribution in [0.3, 0.4) is 0 Å². The molecule has 0 aliphatic rings. The van der Waals surface area contributed by atoms with Gasteiger partial charge in [0.2, 0.25) is 0 Å². The Hall–Kier alpha value is -3.65. The lowest BCUT2D eigenvalue weighted by Crippen LogP contribution is -2.07. The van der Waals surface area contributed by atoms with Crippen molar-refractivity contribution in [1.82, 2.24) is 0 Å². The van der Waals surface area contributed by atoms with Crippen LogP contribution < -0.4 is 4.74 Å². The summed E-state index contributed by atoms with van der Waals surface area (Å²) in [6.07, 6.45) is 0. The van der Waals surface area contributed by atoms with Crippen molar-refractivity contribution in [3.8, 4) is 28.0 Å². The van der Waals surface area contributed by atoms with E-state index in [9.17, 15) is 4.79 Å². The number of ether oxygens (including phenoxy) is 1. The molecule has 0 unspecified atom stereocenters. The molecule has 27 heavy (non-hydrogen) atoms. The second kappa shape index (κ2) is 7.71. The minimum atomic E-state index is -0.351. The molecule has 4 aromatic carbocycles. The van der Waals surface area contributed by atoms with Gasteiger partial charge in [0.25, 0.3) is 0 Å². The Morgan fingerprint density at radius 3 is 1.41 bits per heavy atom. The van der Waals surface area contributed by atoms with Crippen LogP contribution in [0.15, 0.2) is 109 Å². The van der Waals surface area contributed by atoms with Crippen molar-refractivity contribution in [1.29, 1.82) is 0 Å². The number of carbonyl (C=O) groups is 1. The maximum Gasteiger partial charge on any atom is 0.343 e. The number of hydrogen-bond donors (Lipinski definition) is 0. The maximum atomic E-state index is 12.1. The first-order valence-electron chi connectivity index (χ1n) is 8.83. The van der Waals surface area contributed by atoms with E-state index in [4.69, 9.17) is 4.74 Å². The minimum Gasteiger partial charge on any atom is -0.423 e. The second-order valence-corrected chi connectivity index (χ2v) is 6.22. The van der Waals surface area contributed by atoms with Crippen LogP contribution in [0.25, 0.3) is 22.3 Å². The van der Waals surface area contributed by atoms with Crippen molar-refractivity contribution in [2.45, 2.75) is 0 Å². The molecule has 0 heterocycles. The van der Waals surface area contributed by atoms with Gasteiger partial charge < -0.3 is 4.74 Å². The van der Waals surface area contributed by atoms with E-state index < -0.39 is 0 Å². The normalized spacial score (nSPS) is 10.4. The second-order valence-electron chi connectivity index (χ2n) is 6.22. The van der Waals surface area contributed by atoms with Crippen LogP contribution in [0.4, 0.5) is 0 Å². The Kier molecular flexibility index (Phi) is 4.80. The van der Waals surface area contributed by atoms with Crippen molar-refractivity contribution >= 4 is 5.97 Å². The quantitative estimate of drug-likeness (QED) is 0.322. The zero-order chi connectivity index (χ0) is 18.5. The standard InChI is InChI=1S/C25H18O2/c26-25(23-9-5-2-6-10-23)27-24-17-15-22(16-18-24)21-13-11-20(12-14-21)19-7-3-1-4-8-19/h1-18H. The molecule has 0 radical (unpaired) electrons. The van der Waals surface area contributed by atoms with Gasteiger partial charge in [-0.2, -0.15) is 0 Å². The highest BCUT2D eigenvalue weighted by Crippen LogP contribution is 2.26. The van der Waals surface area contributed by atoms with Crippen LogP contribution in [-0.4, -0.2) is 5.97 Å². The summed E-state index contributed by atoms with van der Waals surface area (Å²) in [5.74, 6) is 0.184. The minimum absolute atomic E-state index is 0.351. The summed E-state index contributed by atoms with van der Waals surface area (Å²) in [5.41, 5.74) is 5.13. The van der Waals surface area contributed by atoms with Crippen LogP contribution in [0, 0.1) is 0 Å². The summed E-state index contributed by atoms with van der Waals surface area (Å²) in [7, 11) is 0. The van der Waals surface area contributed by atoms with Crippen molar-refractivity contribution in [2.24, 2.45) is 0 Å². The lowest BCUT2D eigenvalue weighted by molar-refractivity contribution is 0.0735. The molecule has 0 amide bonds. The first-order valence-corrected chi connectivity index (χ1v) is 8.83. The summed E-state index contributed by atoms with van der Waals surface area (Å²) in [5, 5.41) is 0. The third kappa shape index (κ3) is 3.96. The fourth-order valence-electron chi connectivity index (χ4n) is 2.94. The molecule has 4 rings (SSSR count). The van der Waals surface area contributed by atoms with Crippen LogP contribution >= 0.6 is 0 Å². The molecule has 0 spiro atoms. The lowest BCUT2D eigenvalue weighted by Gasteiger charge is -2.07. The van der Waals surface area contributed by atoms with Gasteiger partial charge in [0.1, 0.15) is 5.75 Å². The van der Waals surface area contributed by atoms with Gasteiger partial charge in [-0.1, -0.05) is 84.9 Å². The third-order valence-electron chi connectivity index (χ3n) is 4.40. The summed E-state index contributed by atoms with van der Waals surface area (Å²) in [6.45, 7) is 0. The molecule has 0 aromatic heterocycles. The van der Waals surface area contributed by atoms with Crippen molar-refractivity contribution in [2.75, 3.05) is 0 Å². The van der Waals surface area contributed by atoms with Crippen LogP contribution in [-0.2, 0) is 0 Å². The van der Waals surface area contributed by atoms with E-state index in [1.165, 1.54) is 11.1 Å². The Morgan fingerprint density at radius 1 is 0.481 bits per heavy atom. The van der Waals surface area contributed by atoms with Crippen molar-refractivity contribution in [3.05, 3.63) is 115 Å². The van der Waals surface area contributed by atoms with E-state index in [1.807, 2.05) is 60.7 Å². The molecule has 2 heteroatoms. The van der Waals surface area contributed by atoms with Gasteiger partial charge in [-0.05, 0) is 46.5 Å². The summed E-state index contributed by atoms with van der Waals surface area (Å²) >= 11 is 0. The number of hydrogen-bond acceptors (Lipinski definition) is 2. The topological polar surface area (TPSA) is 26.3 Å². The van der Waals surface area contributed by atoms with Gasteiger partial charge in [0.15, 0.2) is 0 Å². The van der Waals surface area contributed by atoms with Gasteiger partial charge >= 0.3 is 5.97 Å². The Morgan fingerprint density at radius 2 is 0.889 bits per heavy atom. The number of benzene rings is 4. The van der Waals surface area contributed by atoms with E-state index >= 15 is 0 Å². The molecule has 2 nitrogen and oxygen atoms in total. The number of rotatable bonds is 4. The van der Waals surface area contributed by atoms with Crippen molar-refractivity contribution < 1.29 is 9.53 Å². The van der Waals surface area contributed by atoms with Gasteiger partial charge in [-0.25, -0.2) is 4.79 Å². The predicted octanol–water partition coefficient (Wildman–Crippen LogP) is 6.24. The lowest BCUT2D eigenvalue weighted by atomic mass is 10.0. The van der Waals surface area contributed by atoms with Gasteiger partial charge in [-0.3, -0.25) is 0 Å². The molecular formula is C25H18O2. The summed E-state index contributed by atoms with van der Waals surface area (Å²) in [6, 6.07) is 35.3. The molecule has 4 aromatic rings. The smallest absolute Gasteiger partial charge is 0.343 e. The van der Waals surface area contributed by atoms with E-state index in [-0.39, 0.29) is 5.97 Å². The average Bonchev–Trinajstić information content (AvgIpc) is 2.76. The molecule has 130 valence electrons. The third-order valence-corrected chi connectivity index (χ3v) is 4.40. The molecule has 0 bridgehead atoms. The molecule has 0 atom stereocenters. The van der Waals surface area contributed by atoms with E-state index in [1.54, 1.807) is 12.1 Å². The molecule has 0 N–H and O–H groups in total. The molecule has 0 saturated carbocycles. The predicted molar refractivity (Wildman–Crippen MR) is 109 cm³/mol. The molecule has 0 saturated heterocycles. The van der Waals surface area contributed by atoms with E-state index in [0.29, 0.717) is 11.3 Å². The van der Waals surface area contributed by atoms with Gasteiger partial charge in [0.05, 0.1) is 5.56 Å². The average molecular weight is 350 g/mol. The van der Waals surface area contributed by atoms with Crippen LogP contribution in [0.1, 0.15) is 10.4 Å². The summed E-state index contributed by atoms with van der Waals surface area (Å²) in [4.78, 5) is 12.1. The Balaban J connectivity index is 1.48. The Bertz CT molecular complexity index is 1020. The van der Waals surface area contributed by atoms with Crippen LogP contribution in [0.2, 0.25) is 0 Å². The fourth-order valence-corrected chi connectivity index (χ4v) is 2.94. The van der Waals surface area contributed by atoms with E-state index in [0.717, 1.165) is 11.1 Å². The molecular weight excluding hydrogens is 332 g/mol. The highest BCUT2D eigenvalue weighted by Gasteiger charge is 2.08. The SMILES string of the molecule is O=C(Oc1ccc(-c2ccc(-c3ccccc3)cc2)cc1)c1ccccc1. The first-order chi connectivity index (χ1) is 13.3. The summed E-state index contributed by atoms with van der Waals surface area (Å²) < 4.78 is 5.43. The van der Waals surface area contributed by atoms with Gasteiger partial charge in [-0.15, -0.1) is 0 Å². The number of carbonyl (C=O) groups excluding carboxylic acids is 1. The largest absolute Gasteiger partial charge is 0.423 e. The maximum absolute atomic E-state index is 12.1. The van der Waals surface area contributed by atoms with Crippen LogP contribution in [0.5, 0.6) is 5.75 Å².